The van der Waals surface area contributed by atoms with E-state index in [9.17, 15) is 9.59 Å². The number of amides is 1. The van der Waals surface area contributed by atoms with Crippen LogP contribution in [0.4, 0.5) is 0 Å². The monoisotopic (exact) mass is 437 g/mol. The van der Waals surface area contributed by atoms with E-state index in [1.54, 1.807) is 22.8 Å². The highest BCUT2D eigenvalue weighted by Crippen LogP contribution is 2.33. The van der Waals surface area contributed by atoms with E-state index in [0.29, 0.717) is 40.4 Å². The second-order valence-corrected chi connectivity index (χ2v) is 8.63. The number of nitrogens with zero attached hydrogens (tertiary/aromatic N) is 3. The van der Waals surface area contributed by atoms with Crippen molar-refractivity contribution < 1.29 is 4.79 Å². The quantitative estimate of drug-likeness (QED) is 0.488. The molecule has 31 heavy (non-hydrogen) atoms. The zero-order valence-corrected chi connectivity index (χ0v) is 18.8. The molecule has 0 saturated heterocycles. The first-order valence-corrected chi connectivity index (χ1v) is 11.5. The van der Waals surface area contributed by atoms with Crippen LogP contribution in [0.2, 0.25) is 5.02 Å². The Morgan fingerprint density at radius 2 is 1.97 bits per heavy atom. The number of carbonyl (C=O) groups is 1. The minimum absolute atomic E-state index is 0.0902. The van der Waals surface area contributed by atoms with Crippen molar-refractivity contribution >= 4 is 28.4 Å². The average molecular weight is 438 g/mol. The molecule has 162 valence electrons. The van der Waals surface area contributed by atoms with Gasteiger partial charge in [-0.05, 0) is 56.0 Å². The highest BCUT2D eigenvalue weighted by atomic mass is 35.5. The Morgan fingerprint density at radius 3 is 2.61 bits per heavy atom. The molecular weight excluding hydrogens is 410 g/mol. The molecule has 1 heterocycles. The summed E-state index contributed by atoms with van der Waals surface area (Å²) in [6.07, 6.45) is 4.52. The molecule has 1 saturated carbocycles. The lowest BCUT2D eigenvalue weighted by Crippen LogP contribution is -2.43. The molecule has 3 aromatic rings. The minimum Gasteiger partial charge on any atom is -0.332 e. The molecule has 1 fully saturated rings. The number of hydrogen-bond donors (Lipinski definition) is 0. The third-order valence-corrected chi connectivity index (χ3v) is 6.37. The van der Waals surface area contributed by atoms with Gasteiger partial charge in [-0.3, -0.25) is 14.2 Å². The van der Waals surface area contributed by atoms with Crippen LogP contribution in [-0.2, 0) is 4.79 Å². The maximum Gasteiger partial charge on any atom is 0.266 e. The Morgan fingerprint density at radius 1 is 1.19 bits per heavy atom. The zero-order valence-electron chi connectivity index (χ0n) is 18.1. The van der Waals surface area contributed by atoms with E-state index in [1.807, 2.05) is 42.2 Å². The Labute approximate surface area is 187 Å². The lowest BCUT2D eigenvalue weighted by atomic mass is 9.84. The minimum atomic E-state index is -0.288. The summed E-state index contributed by atoms with van der Waals surface area (Å²) in [5.41, 5.74) is 1.16. The molecule has 1 amide bonds. The van der Waals surface area contributed by atoms with Gasteiger partial charge in [-0.15, -0.1) is 0 Å². The van der Waals surface area contributed by atoms with Crippen molar-refractivity contribution in [1.29, 1.82) is 0 Å². The molecule has 1 aliphatic rings. The van der Waals surface area contributed by atoms with Gasteiger partial charge in [-0.1, -0.05) is 50.1 Å². The second kappa shape index (κ2) is 9.23. The topological polar surface area (TPSA) is 55.2 Å². The summed E-state index contributed by atoms with van der Waals surface area (Å²) < 4.78 is 1.64. The van der Waals surface area contributed by atoms with E-state index in [0.717, 1.165) is 25.7 Å². The predicted molar refractivity (Wildman–Crippen MR) is 125 cm³/mol. The fourth-order valence-electron chi connectivity index (χ4n) is 4.33. The molecule has 2 aromatic carbocycles. The molecule has 0 N–H and O–H groups in total. The Bertz CT molecular complexity index is 1150. The molecular formula is C25H28ClN3O2. The summed E-state index contributed by atoms with van der Waals surface area (Å²) >= 11 is 6.26. The van der Waals surface area contributed by atoms with Crippen molar-refractivity contribution in [2.24, 2.45) is 5.92 Å². The lowest BCUT2D eigenvalue weighted by Gasteiger charge is -2.37. The fraction of sp³-hybridized carbons (Fsp3) is 0.400. The van der Waals surface area contributed by atoms with Crippen LogP contribution in [0.15, 0.2) is 53.3 Å². The van der Waals surface area contributed by atoms with Gasteiger partial charge in [0, 0.05) is 17.5 Å². The number of rotatable bonds is 7. The van der Waals surface area contributed by atoms with Crippen molar-refractivity contribution in [2.75, 3.05) is 6.54 Å². The second-order valence-electron chi connectivity index (χ2n) is 8.19. The molecule has 0 aliphatic heterocycles. The van der Waals surface area contributed by atoms with Crippen LogP contribution in [0.3, 0.4) is 0 Å². The van der Waals surface area contributed by atoms with Crippen LogP contribution < -0.4 is 5.56 Å². The van der Waals surface area contributed by atoms with Crippen LogP contribution in [0.5, 0.6) is 0 Å². The van der Waals surface area contributed by atoms with Crippen molar-refractivity contribution in [2.45, 2.75) is 52.0 Å². The fourth-order valence-corrected chi connectivity index (χ4v) is 4.52. The molecule has 0 bridgehead atoms. The largest absolute Gasteiger partial charge is 0.332 e. The maximum absolute atomic E-state index is 13.6. The number of aromatic nitrogens is 2. The summed E-state index contributed by atoms with van der Waals surface area (Å²) in [6, 6.07) is 14.3. The van der Waals surface area contributed by atoms with Gasteiger partial charge in [0.25, 0.3) is 5.56 Å². The lowest BCUT2D eigenvalue weighted by molar-refractivity contribution is -0.141. The highest BCUT2D eigenvalue weighted by molar-refractivity contribution is 6.30. The van der Waals surface area contributed by atoms with Gasteiger partial charge in [-0.25, -0.2) is 4.98 Å². The van der Waals surface area contributed by atoms with Crippen LogP contribution >= 0.6 is 11.6 Å². The molecule has 4 rings (SSSR count). The highest BCUT2D eigenvalue weighted by Gasteiger charge is 2.34. The van der Waals surface area contributed by atoms with Gasteiger partial charge in [0.1, 0.15) is 5.82 Å². The normalized spacial score (nSPS) is 14.9. The molecule has 0 radical (unpaired) electrons. The van der Waals surface area contributed by atoms with E-state index in [1.165, 1.54) is 0 Å². The number of benzene rings is 2. The number of para-hydroxylation sites is 1. The Kier molecular flexibility index (Phi) is 6.42. The van der Waals surface area contributed by atoms with Crippen LogP contribution in [0, 0.1) is 5.92 Å². The predicted octanol–water partition coefficient (Wildman–Crippen LogP) is 5.53. The summed E-state index contributed by atoms with van der Waals surface area (Å²) in [5, 5.41) is 1.10. The van der Waals surface area contributed by atoms with E-state index in [2.05, 4.69) is 6.92 Å². The van der Waals surface area contributed by atoms with Crippen LogP contribution in [0.1, 0.15) is 57.8 Å². The van der Waals surface area contributed by atoms with Gasteiger partial charge < -0.3 is 4.90 Å². The first-order chi connectivity index (χ1) is 15.0. The number of fused-ring (bicyclic) bond motifs is 1. The number of carbonyl (C=O) groups excluding carboxylic acids is 1. The summed E-state index contributed by atoms with van der Waals surface area (Å²) in [6.45, 7) is 4.77. The van der Waals surface area contributed by atoms with Gasteiger partial charge in [-0.2, -0.15) is 0 Å². The average Bonchev–Trinajstić information content (AvgIpc) is 2.72. The van der Waals surface area contributed by atoms with E-state index < -0.39 is 0 Å². The van der Waals surface area contributed by atoms with Gasteiger partial charge in [0.05, 0.1) is 22.6 Å². The number of hydrogen-bond acceptors (Lipinski definition) is 3. The summed E-state index contributed by atoms with van der Waals surface area (Å²) in [5.74, 6) is 0.863. The molecule has 6 heteroatoms. The number of halogens is 1. The molecule has 1 unspecified atom stereocenters. The standard InChI is InChI=1S/C25H28ClN3O2/c1-3-15-28(24(30)17-9-7-10-17)22(4-2)23-27-21-14-6-5-13-20(21)25(31)29(23)19-12-8-11-18(26)16-19/h5-6,8,11-14,16-17,22H,3-4,7,9-10,15H2,1-2H3. The maximum atomic E-state index is 13.6. The Hall–Kier alpha value is -2.66. The van der Waals surface area contributed by atoms with E-state index >= 15 is 0 Å². The van der Waals surface area contributed by atoms with Crippen molar-refractivity contribution in [3.05, 3.63) is 69.7 Å². The van der Waals surface area contributed by atoms with Crippen molar-refractivity contribution in [3.63, 3.8) is 0 Å². The third-order valence-electron chi connectivity index (χ3n) is 6.13. The molecule has 1 aromatic heterocycles. The smallest absolute Gasteiger partial charge is 0.266 e. The molecule has 1 atom stereocenters. The van der Waals surface area contributed by atoms with E-state index in [-0.39, 0.29) is 23.4 Å². The zero-order chi connectivity index (χ0) is 22.0. The van der Waals surface area contributed by atoms with Crippen molar-refractivity contribution in [1.82, 2.24) is 14.5 Å². The van der Waals surface area contributed by atoms with Gasteiger partial charge >= 0.3 is 0 Å². The van der Waals surface area contributed by atoms with Gasteiger partial charge in [0.2, 0.25) is 5.91 Å². The molecule has 1 aliphatic carbocycles. The van der Waals surface area contributed by atoms with Crippen LogP contribution in [0.25, 0.3) is 16.6 Å². The molecule has 5 nitrogen and oxygen atoms in total. The summed E-state index contributed by atoms with van der Waals surface area (Å²) in [7, 11) is 0. The van der Waals surface area contributed by atoms with Crippen LogP contribution in [-0.4, -0.2) is 26.9 Å². The van der Waals surface area contributed by atoms with Crippen molar-refractivity contribution in [3.8, 4) is 5.69 Å². The first kappa shape index (κ1) is 21.6. The van der Waals surface area contributed by atoms with E-state index in [4.69, 9.17) is 16.6 Å². The Balaban J connectivity index is 1.94. The third kappa shape index (κ3) is 4.11. The summed E-state index contributed by atoms with van der Waals surface area (Å²) in [4.78, 5) is 33.8. The SMILES string of the molecule is CCCN(C(=O)C1CCC1)C(CC)c1nc2ccccc2c(=O)n1-c1cccc(Cl)c1. The first-order valence-electron chi connectivity index (χ1n) is 11.1. The van der Waals surface area contributed by atoms with Gasteiger partial charge in [0.15, 0.2) is 0 Å². The molecule has 0 spiro atoms.